The molecule has 0 saturated carbocycles. The second kappa shape index (κ2) is 5.59. The molecule has 3 nitrogen and oxygen atoms in total. The minimum Gasteiger partial charge on any atom is -0.316 e. The fraction of sp³-hybridized carbons (Fsp3) is 0.231. The highest BCUT2D eigenvalue weighted by Gasteiger charge is 2.06. The third-order valence-corrected chi connectivity index (χ3v) is 3.41. The Kier molecular flexibility index (Phi) is 3.88. The fourth-order valence-corrected chi connectivity index (χ4v) is 2.31. The van der Waals surface area contributed by atoms with Gasteiger partial charge in [-0.1, -0.05) is 12.1 Å². The summed E-state index contributed by atoms with van der Waals surface area (Å²) in [5.74, 6) is 0.156. The molecule has 2 heterocycles. The molecule has 2 aromatic heterocycles. The van der Waals surface area contributed by atoms with E-state index < -0.39 is 0 Å². The first kappa shape index (κ1) is 11.8. The van der Waals surface area contributed by atoms with Crippen LogP contribution in [0.25, 0.3) is 0 Å². The van der Waals surface area contributed by atoms with Crippen LogP contribution in [0.15, 0.2) is 46.7 Å². The third kappa shape index (κ3) is 3.14. The topological polar surface area (TPSA) is 39.1 Å². The quantitative estimate of drug-likeness (QED) is 0.762. The molecule has 2 rings (SSSR count). The van der Waals surface area contributed by atoms with Gasteiger partial charge in [-0.15, -0.1) is 11.3 Å². The van der Waals surface area contributed by atoms with Crippen molar-refractivity contribution in [3.63, 3.8) is 0 Å². The number of thiophene rings is 1. The minimum atomic E-state index is -0.0175. The number of aryl methyl sites for hydroxylation is 1. The Hall–Kier alpha value is -1.68. The van der Waals surface area contributed by atoms with Gasteiger partial charge < -0.3 is 4.57 Å². The number of hydrogen-bond acceptors (Lipinski definition) is 3. The summed E-state index contributed by atoms with van der Waals surface area (Å²) in [7, 11) is 0. The highest BCUT2D eigenvalue weighted by Crippen LogP contribution is 2.12. The van der Waals surface area contributed by atoms with Crippen LogP contribution in [0, 0.1) is 0 Å². The predicted molar refractivity (Wildman–Crippen MR) is 68.6 cm³/mol. The minimum absolute atomic E-state index is 0.0175. The van der Waals surface area contributed by atoms with Crippen LogP contribution in [0.3, 0.4) is 0 Å². The van der Waals surface area contributed by atoms with E-state index >= 15 is 0 Å². The molecule has 4 heteroatoms. The third-order valence-electron chi connectivity index (χ3n) is 2.50. The van der Waals surface area contributed by atoms with Crippen LogP contribution in [0.1, 0.15) is 22.5 Å². The number of Topliss-reactive ketones (excluding diaryl/α,β-unsaturated/α-hetero) is 1. The molecule has 17 heavy (non-hydrogen) atoms. The van der Waals surface area contributed by atoms with Crippen molar-refractivity contribution in [2.45, 2.75) is 19.4 Å². The van der Waals surface area contributed by atoms with Crippen LogP contribution in [0.2, 0.25) is 0 Å². The van der Waals surface area contributed by atoms with Crippen LogP contribution in [-0.4, -0.2) is 10.4 Å². The maximum absolute atomic E-state index is 11.7. The second-order valence-corrected chi connectivity index (χ2v) is 4.68. The Bertz CT molecular complexity index is 543. The Balaban J connectivity index is 1.87. The summed E-state index contributed by atoms with van der Waals surface area (Å²) in [6.07, 6.45) is 2.93. The van der Waals surface area contributed by atoms with Crippen molar-refractivity contribution in [2.24, 2.45) is 0 Å². The Morgan fingerprint density at radius 1 is 1.24 bits per heavy atom. The Labute approximate surface area is 103 Å². The van der Waals surface area contributed by atoms with Gasteiger partial charge in [0.15, 0.2) is 5.78 Å². The number of pyridine rings is 1. The zero-order valence-corrected chi connectivity index (χ0v) is 10.2. The molecule has 0 aliphatic heterocycles. The molecule has 0 N–H and O–H groups in total. The molecular weight excluding hydrogens is 234 g/mol. The summed E-state index contributed by atoms with van der Waals surface area (Å²) in [4.78, 5) is 23.9. The molecular formula is C13H13NO2S. The summed E-state index contributed by atoms with van der Waals surface area (Å²) in [6, 6.07) is 8.78. The van der Waals surface area contributed by atoms with Crippen LogP contribution >= 0.6 is 11.3 Å². The van der Waals surface area contributed by atoms with Gasteiger partial charge >= 0.3 is 0 Å². The number of carbonyl (C=O) groups is 1. The molecule has 0 spiro atoms. The van der Waals surface area contributed by atoms with Crippen LogP contribution in [0.5, 0.6) is 0 Å². The van der Waals surface area contributed by atoms with E-state index in [1.165, 1.54) is 17.4 Å². The lowest BCUT2D eigenvalue weighted by Gasteiger charge is -2.03. The van der Waals surface area contributed by atoms with Crippen molar-refractivity contribution in [1.82, 2.24) is 4.57 Å². The molecule has 0 amide bonds. The first-order valence-corrected chi connectivity index (χ1v) is 6.37. The van der Waals surface area contributed by atoms with E-state index in [9.17, 15) is 9.59 Å². The molecule has 0 aromatic carbocycles. The van der Waals surface area contributed by atoms with E-state index in [0.29, 0.717) is 19.4 Å². The highest BCUT2D eigenvalue weighted by molar-refractivity contribution is 7.12. The van der Waals surface area contributed by atoms with Crippen LogP contribution in [-0.2, 0) is 6.54 Å². The monoisotopic (exact) mass is 247 g/mol. The zero-order valence-electron chi connectivity index (χ0n) is 9.33. The number of nitrogens with zero attached hydrogens (tertiary/aromatic N) is 1. The van der Waals surface area contributed by atoms with Crippen molar-refractivity contribution < 1.29 is 4.79 Å². The van der Waals surface area contributed by atoms with Crippen molar-refractivity contribution in [3.8, 4) is 0 Å². The molecule has 0 aliphatic rings. The normalized spacial score (nSPS) is 10.4. The van der Waals surface area contributed by atoms with Crippen LogP contribution in [0.4, 0.5) is 0 Å². The molecule has 0 unspecified atom stereocenters. The van der Waals surface area contributed by atoms with E-state index in [2.05, 4.69) is 0 Å². The SMILES string of the molecule is O=C(CCCn1ccccc1=O)c1cccs1. The van der Waals surface area contributed by atoms with Crippen molar-refractivity contribution >= 4 is 17.1 Å². The van der Waals surface area contributed by atoms with Gasteiger partial charge in [-0.3, -0.25) is 9.59 Å². The largest absolute Gasteiger partial charge is 0.316 e. The smallest absolute Gasteiger partial charge is 0.250 e. The van der Waals surface area contributed by atoms with Crippen LogP contribution < -0.4 is 5.56 Å². The lowest BCUT2D eigenvalue weighted by atomic mass is 10.2. The number of ketones is 1. The van der Waals surface area contributed by atoms with Gasteiger partial charge in [-0.05, 0) is 23.9 Å². The fourth-order valence-electron chi connectivity index (χ4n) is 1.62. The van der Waals surface area contributed by atoms with E-state index in [-0.39, 0.29) is 11.3 Å². The number of hydrogen-bond donors (Lipinski definition) is 0. The summed E-state index contributed by atoms with van der Waals surface area (Å²) in [6.45, 7) is 0.594. The average molecular weight is 247 g/mol. The van der Waals surface area contributed by atoms with Crippen molar-refractivity contribution in [1.29, 1.82) is 0 Å². The molecule has 0 atom stereocenters. The molecule has 0 radical (unpaired) electrons. The van der Waals surface area contributed by atoms with Gasteiger partial charge in [-0.25, -0.2) is 0 Å². The molecule has 0 saturated heterocycles. The van der Waals surface area contributed by atoms with E-state index in [1.54, 1.807) is 16.8 Å². The summed E-state index contributed by atoms with van der Waals surface area (Å²) in [5.41, 5.74) is -0.0175. The first-order valence-electron chi connectivity index (χ1n) is 5.49. The van der Waals surface area contributed by atoms with E-state index in [4.69, 9.17) is 0 Å². The van der Waals surface area contributed by atoms with Gasteiger partial charge in [0.25, 0.3) is 0 Å². The molecule has 0 bridgehead atoms. The highest BCUT2D eigenvalue weighted by atomic mass is 32.1. The summed E-state index contributed by atoms with van der Waals surface area (Å²) >= 11 is 1.46. The Morgan fingerprint density at radius 3 is 2.82 bits per heavy atom. The predicted octanol–water partition coefficient (Wildman–Crippen LogP) is 2.57. The van der Waals surface area contributed by atoms with Crippen molar-refractivity contribution in [3.05, 3.63) is 57.1 Å². The van der Waals surface area contributed by atoms with E-state index in [0.717, 1.165) is 4.88 Å². The van der Waals surface area contributed by atoms with Gasteiger partial charge in [0.2, 0.25) is 5.56 Å². The first-order chi connectivity index (χ1) is 8.27. The van der Waals surface area contributed by atoms with Gasteiger partial charge in [-0.2, -0.15) is 0 Å². The number of rotatable bonds is 5. The lowest BCUT2D eigenvalue weighted by Crippen LogP contribution is -2.18. The van der Waals surface area contributed by atoms with Crippen molar-refractivity contribution in [2.75, 3.05) is 0 Å². The number of carbonyl (C=O) groups excluding carboxylic acids is 1. The van der Waals surface area contributed by atoms with Gasteiger partial charge in [0.1, 0.15) is 0 Å². The Morgan fingerprint density at radius 2 is 2.12 bits per heavy atom. The molecule has 0 fully saturated rings. The number of aromatic nitrogens is 1. The van der Waals surface area contributed by atoms with Gasteiger partial charge in [0, 0.05) is 25.2 Å². The zero-order chi connectivity index (χ0) is 12.1. The molecule has 0 aliphatic carbocycles. The standard InChI is InChI=1S/C13H13NO2S/c15-11(12-6-4-10-17-12)5-3-9-14-8-2-1-7-13(14)16/h1-2,4,6-8,10H,3,5,9H2. The lowest BCUT2D eigenvalue weighted by molar-refractivity contribution is 0.0982. The van der Waals surface area contributed by atoms with E-state index in [1.807, 2.05) is 23.6 Å². The second-order valence-electron chi connectivity index (χ2n) is 3.74. The molecule has 88 valence electrons. The average Bonchev–Trinajstić information content (AvgIpc) is 2.85. The summed E-state index contributed by atoms with van der Waals surface area (Å²) < 4.78 is 1.63. The maximum Gasteiger partial charge on any atom is 0.250 e. The molecule has 2 aromatic rings. The maximum atomic E-state index is 11.7. The summed E-state index contributed by atoms with van der Waals surface area (Å²) in [5, 5.41) is 1.90. The van der Waals surface area contributed by atoms with Gasteiger partial charge in [0.05, 0.1) is 4.88 Å².